The van der Waals surface area contributed by atoms with E-state index in [1.54, 1.807) is 11.1 Å². The Morgan fingerprint density at radius 2 is 2.21 bits per heavy atom. The normalized spacial score (nSPS) is 30.2. The molecule has 1 saturated heterocycles. The van der Waals surface area contributed by atoms with Crippen LogP contribution < -0.4 is 5.32 Å². The van der Waals surface area contributed by atoms with Gasteiger partial charge in [0.15, 0.2) is 0 Å². The Bertz CT molecular complexity index is 669. The number of urea groups is 1. The number of aliphatic carboxylic acids is 1. The van der Waals surface area contributed by atoms with Crippen molar-refractivity contribution in [1.82, 2.24) is 19.8 Å². The van der Waals surface area contributed by atoms with Crippen molar-refractivity contribution in [3.63, 3.8) is 0 Å². The maximum Gasteiger partial charge on any atom is 0.318 e. The number of amides is 2. The molecular weight excluding hydrogens is 308 g/mol. The molecule has 1 unspecified atom stereocenters. The second kappa shape index (κ2) is 5.50. The van der Waals surface area contributed by atoms with Crippen molar-refractivity contribution < 1.29 is 14.7 Å². The van der Waals surface area contributed by atoms with Crippen molar-refractivity contribution in [2.24, 2.45) is 24.3 Å². The van der Waals surface area contributed by atoms with Crippen LogP contribution in [0.5, 0.6) is 0 Å². The number of carboxylic acid groups (broad SMARTS) is 1. The SMILES string of the molecule is Cn1ccnc1C(NC(=O)N1C[C@@H]2CCC[C@@]2(C(=O)O)C1)C1CC1. The third-order valence-corrected chi connectivity index (χ3v) is 6.09. The molecule has 4 rings (SSSR count). The van der Waals surface area contributed by atoms with E-state index < -0.39 is 11.4 Å². The van der Waals surface area contributed by atoms with Gasteiger partial charge in [-0.15, -0.1) is 0 Å². The standard InChI is InChI=1S/C17H24N4O3/c1-20-8-7-18-14(20)13(11-4-5-11)19-16(24)21-9-12-3-2-6-17(12,10-21)15(22)23/h7-8,11-13H,2-6,9-10H2,1H3,(H,19,24)(H,22,23)/t12-,13?,17+/m0/s1. The Morgan fingerprint density at radius 3 is 2.79 bits per heavy atom. The first-order valence-corrected chi connectivity index (χ1v) is 8.77. The van der Waals surface area contributed by atoms with Crippen molar-refractivity contribution in [3.05, 3.63) is 18.2 Å². The molecule has 2 N–H and O–H groups in total. The van der Waals surface area contributed by atoms with Crippen LogP contribution in [0.2, 0.25) is 0 Å². The van der Waals surface area contributed by atoms with Crippen LogP contribution in [0, 0.1) is 17.3 Å². The number of aryl methyl sites for hydroxylation is 1. The fraction of sp³-hybridized carbons (Fsp3) is 0.706. The summed E-state index contributed by atoms with van der Waals surface area (Å²) in [6.45, 7) is 0.882. The monoisotopic (exact) mass is 332 g/mol. The van der Waals surface area contributed by atoms with E-state index in [0.717, 1.165) is 31.5 Å². The van der Waals surface area contributed by atoms with Crippen molar-refractivity contribution in [2.75, 3.05) is 13.1 Å². The van der Waals surface area contributed by atoms with E-state index in [0.29, 0.717) is 25.4 Å². The number of imidazole rings is 1. The van der Waals surface area contributed by atoms with E-state index in [2.05, 4.69) is 10.3 Å². The maximum absolute atomic E-state index is 12.8. The minimum absolute atomic E-state index is 0.0845. The number of carboxylic acids is 1. The van der Waals surface area contributed by atoms with Crippen LogP contribution >= 0.6 is 0 Å². The first-order chi connectivity index (χ1) is 11.5. The van der Waals surface area contributed by atoms with Gasteiger partial charge in [-0.1, -0.05) is 6.42 Å². The molecule has 3 fully saturated rings. The Morgan fingerprint density at radius 1 is 1.42 bits per heavy atom. The topological polar surface area (TPSA) is 87.5 Å². The minimum Gasteiger partial charge on any atom is -0.481 e. The van der Waals surface area contributed by atoms with Gasteiger partial charge in [0.1, 0.15) is 5.82 Å². The molecule has 1 aromatic rings. The van der Waals surface area contributed by atoms with E-state index in [-0.39, 0.29) is 18.0 Å². The number of fused-ring (bicyclic) bond motifs is 1. The summed E-state index contributed by atoms with van der Waals surface area (Å²) >= 11 is 0. The highest BCUT2D eigenvalue weighted by atomic mass is 16.4. The lowest BCUT2D eigenvalue weighted by Crippen LogP contribution is -2.43. The molecule has 2 heterocycles. The highest BCUT2D eigenvalue weighted by molar-refractivity contribution is 5.80. The van der Waals surface area contributed by atoms with Gasteiger partial charge in [-0.05, 0) is 37.5 Å². The summed E-state index contributed by atoms with van der Waals surface area (Å²) in [6.07, 6.45) is 8.36. The molecule has 2 saturated carbocycles. The number of likely N-dealkylation sites (tertiary alicyclic amines) is 1. The summed E-state index contributed by atoms with van der Waals surface area (Å²) in [5.41, 5.74) is -0.727. The predicted octanol–water partition coefficient (Wildman–Crippen LogP) is 1.77. The molecular formula is C17H24N4O3. The molecule has 7 nitrogen and oxygen atoms in total. The zero-order valence-electron chi connectivity index (χ0n) is 13.9. The minimum atomic E-state index is -0.747. The first-order valence-electron chi connectivity index (χ1n) is 8.77. The Balaban J connectivity index is 1.48. The van der Waals surface area contributed by atoms with Gasteiger partial charge in [0.2, 0.25) is 0 Å². The highest BCUT2D eigenvalue weighted by Crippen LogP contribution is 2.49. The van der Waals surface area contributed by atoms with E-state index in [9.17, 15) is 14.7 Å². The average Bonchev–Trinajstić information content (AvgIpc) is 2.98. The van der Waals surface area contributed by atoms with Gasteiger partial charge in [0.25, 0.3) is 0 Å². The summed E-state index contributed by atoms with van der Waals surface area (Å²) in [4.78, 5) is 30.6. The molecule has 2 aliphatic carbocycles. The van der Waals surface area contributed by atoms with Gasteiger partial charge >= 0.3 is 12.0 Å². The molecule has 1 aliphatic heterocycles. The molecule has 2 amide bonds. The average molecular weight is 332 g/mol. The molecule has 130 valence electrons. The van der Waals surface area contributed by atoms with Gasteiger partial charge in [-0.3, -0.25) is 4.79 Å². The number of hydrogen-bond donors (Lipinski definition) is 2. The lowest BCUT2D eigenvalue weighted by Gasteiger charge is -2.25. The predicted molar refractivity (Wildman–Crippen MR) is 86.2 cm³/mol. The second-order valence-corrected chi connectivity index (χ2v) is 7.59. The van der Waals surface area contributed by atoms with Gasteiger partial charge in [-0.2, -0.15) is 0 Å². The number of rotatable bonds is 4. The third kappa shape index (κ3) is 2.37. The van der Waals surface area contributed by atoms with Gasteiger partial charge in [0.05, 0.1) is 11.5 Å². The molecule has 7 heteroatoms. The second-order valence-electron chi connectivity index (χ2n) is 7.59. The number of hydrogen-bond acceptors (Lipinski definition) is 3. The van der Waals surface area contributed by atoms with Crippen LogP contribution in [-0.4, -0.2) is 44.6 Å². The van der Waals surface area contributed by atoms with Crippen LogP contribution in [0.1, 0.15) is 44.0 Å². The molecule has 24 heavy (non-hydrogen) atoms. The van der Waals surface area contributed by atoms with Crippen LogP contribution in [0.15, 0.2) is 12.4 Å². The molecule has 3 atom stereocenters. The number of carbonyl (C=O) groups is 2. The van der Waals surface area contributed by atoms with E-state index in [1.165, 1.54) is 0 Å². The summed E-state index contributed by atoms with van der Waals surface area (Å²) in [7, 11) is 1.93. The lowest BCUT2D eigenvalue weighted by atomic mass is 9.81. The van der Waals surface area contributed by atoms with Gasteiger partial charge < -0.3 is 19.9 Å². The molecule has 0 radical (unpaired) electrons. The number of nitrogens with zero attached hydrogens (tertiary/aromatic N) is 3. The van der Waals surface area contributed by atoms with E-state index >= 15 is 0 Å². The van der Waals surface area contributed by atoms with Gasteiger partial charge in [0, 0.05) is 32.5 Å². The third-order valence-electron chi connectivity index (χ3n) is 6.09. The lowest BCUT2D eigenvalue weighted by molar-refractivity contribution is -0.149. The first kappa shape index (κ1) is 15.5. The van der Waals surface area contributed by atoms with Crippen molar-refractivity contribution in [3.8, 4) is 0 Å². The fourth-order valence-electron chi connectivity index (χ4n) is 4.52. The Kier molecular flexibility index (Phi) is 3.54. The van der Waals surface area contributed by atoms with Crippen LogP contribution in [0.3, 0.4) is 0 Å². The summed E-state index contributed by atoms with van der Waals surface area (Å²) in [5.74, 6) is 0.653. The van der Waals surface area contributed by atoms with Gasteiger partial charge in [-0.25, -0.2) is 9.78 Å². The summed E-state index contributed by atoms with van der Waals surface area (Å²) in [6, 6.07) is -0.233. The quantitative estimate of drug-likeness (QED) is 0.879. The smallest absolute Gasteiger partial charge is 0.318 e. The Hall–Kier alpha value is -2.05. The molecule has 3 aliphatic rings. The largest absolute Gasteiger partial charge is 0.481 e. The molecule has 1 aromatic heterocycles. The summed E-state index contributed by atoms with van der Waals surface area (Å²) < 4.78 is 1.95. The fourth-order valence-corrected chi connectivity index (χ4v) is 4.52. The van der Waals surface area contributed by atoms with Crippen LogP contribution in [0.25, 0.3) is 0 Å². The Labute approximate surface area is 141 Å². The zero-order chi connectivity index (χ0) is 16.9. The zero-order valence-corrected chi connectivity index (χ0v) is 13.9. The number of aromatic nitrogens is 2. The molecule has 0 aromatic carbocycles. The highest BCUT2D eigenvalue weighted by Gasteiger charge is 2.56. The van der Waals surface area contributed by atoms with Crippen molar-refractivity contribution >= 4 is 12.0 Å². The molecule has 0 bridgehead atoms. The summed E-state index contributed by atoms with van der Waals surface area (Å²) in [5, 5.41) is 12.8. The van der Waals surface area contributed by atoms with E-state index in [4.69, 9.17) is 0 Å². The molecule has 0 spiro atoms. The van der Waals surface area contributed by atoms with Crippen molar-refractivity contribution in [2.45, 2.75) is 38.1 Å². The number of carbonyl (C=O) groups excluding carboxylic acids is 1. The maximum atomic E-state index is 12.8. The van der Waals surface area contributed by atoms with Crippen LogP contribution in [0.4, 0.5) is 4.79 Å². The van der Waals surface area contributed by atoms with Crippen molar-refractivity contribution in [1.29, 1.82) is 0 Å². The van der Waals surface area contributed by atoms with Crippen LogP contribution in [-0.2, 0) is 11.8 Å². The number of nitrogens with one attached hydrogen (secondary N) is 1. The van der Waals surface area contributed by atoms with E-state index in [1.807, 2.05) is 17.8 Å².